The number of ether oxygens (including phenoxy) is 2. The minimum Gasteiger partial charge on any atom is -0.496 e. The van der Waals surface area contributed by atoms with Crippen molar-refractivity contribution in [2.75, 3.05) is 43.2 Å². The van der Waals surface area contributed by atoms with Crippen molar-refractivity contribution in [1.82, 2.24) is 5.32 Å². The topological polar surface area (TPSA) is 71.1 Å². The van der Waals surface area contributed by atoms with Gasteiger partial charge in [0.2, 0.25) is 0 Å². The lowest BCUT2D eigenvalue weighted by Gasteiger charge is -2.30. The second kappa shape index (κ2) is 9.10. The van der Waals surface area contributed by atoms with Crippen molar-refractivity contribution < 1.29 is 19.1 Å². The van der Waals surface area contributed by atoms with Crippen LogP contribution in [-0.2, 0) is 14.3 Å². The number of rotatable bonds is 4. The second-order valence-electron chi connectivity index (χ2n) is 7.70. The maximum atomic E-state index is 13.4. The highest BCUT2D eigenvalue weighted by molar-refractivity contribution is 7.80. The van der Waals surface area contributed by atoms with E-state index in [0.717, 1.165) is 29.9 Å². The molecule has 0 spiro atoms. The van der Waals surface area contributed by atoms with Gasteiger partial charge in [-0.05, 0) is 61.5 Å². The van der Waals surface area contributed by atoms with E-state index in [0.29, 0.717) is 30.2 Å². The van der Waals surface area contributed by atoms with E-state index in [2.05, 4.69) is 10.2 Å². The maximum Gasteiger partial charge on any atom is 0.270 e. The zero-order valence-electron chi connectivity index (χ0n) is 18.3. The summed E-state index contributed by atoms with van der Waals surface area (Å²) in [6, 6.07) is 11.4. The summed E-state index contributed by atoms with van der Waals surface area (Å²) in [5, 5.41) is 2.71. The first-order valence-electron chi connectivity index (χ1n) is 10.4. The second-order valence-corrected chi connectivity index (χ2v) is 8.09. The molecule has 0 atom stereocenters. The van der Waals surface area contributed by atoms with Crippen LogP contribution in [0.4, 0.5) is 11.4 Å². The average Bonchev–Trinajstić information content (AvgIpc) is 2.80. The summed E-state index contributed by atoms with van der Waals surface area (Å²) in [5.41, 5.74) is 4.24. The molecule has 0 aromatic heterocycles. The molecule has 0 saturated carbocycles. The SMILES string of the molecule is COc1cc(N2CCOCC2)ccc1/C=C1\C(=O)NC(=S)N(c2cccc(C)c2C)C1=O. The summed E-state index contributed by atoms with van der Waals surface area (Å²) in [6.07, 6.45) is 1.56. The first kappa shape index (κ1) is 22.0. The summed E-state index contributed by atoms with van der Waals surface area (Å²) in [4.78, 5) is 29.6. The fraction of sp³-hybridized carbons (Fsp3) is 0.292. The Morgan fingerprint density at radius 1 is 1.12 bits per heavy atom. The number of carbonyl (C=O) groups is 2. The molecule has 2 heterocycles. The van der Waals surface area contributed by atoms with E-state index in [4.69, 9.17) is 21.7 Å². The van der Waals surface area contributed by atoms with Crippen molar-refractivity contribution >= 4 is 46.6 Å². The number of nitrogens with one attached hydrogen (secondary N) is 1. The van der Waals surface area contributed by atoms with E-state index in [1.54, 1.807) is 13.2 Å². The molecule has 2 aliphatic heterocycles. The van der Waals surface area contributed by atoms with Crippen molar-refractivity contribution in [2.24, 2.45) is 0 Å². The van der Waals surface area contributed by atoms with Crippen LogP contribution in [0.3, 0.4) is 0 Å². The summed E-state index contributed by atoms with van der Waals surface area (Å²) in [6.45, 7) is 6.84. The largest absolute Gasteiger partial charge is 0.496 e. The molecule has 2 aromatic rings. The molecule has 1 N–H and O–H groups in total. The van der Waals surface area contributed by atoms with Gasteiger partial charge in [-0.2, -0.15) is 0 Å². The van der Waals surface area contributed by atoms with Crippen LogP contribution in [0.2, 0.25) is 0 Å². The summed E-state index contributed by atoms with van der Waals surface area (Å²) < 4.78 is 11.0. The molecule has 2 fully saturated rings. The molecular weight excluding hydrogens is 426 g/mol. The Balaban J connectivity index is 1.70. The molecule has 0 unspecified atom stereocenters. The average molecular weight is 452 g/mol. The molecule has 8 heteroatoms. The normalized spacial score (nSPS) is 18.2. The van der Waals surface area contributed by atoms with Crippen LogP contribution in [0.1, 0.15) is 16.7 Å². The van der Waals surface area contributed by atoms with Gasteiger partial charge < -0.3 is 14.4 Å². The Morgan fingerprint density at radius 2 is 1.88 bits per heavy atom. The Hall–Kier alpha value is -3.23. The van der Waals surface area contributed by atoms with Gasteiger partial charge in [0, 0.05) is 30.4 Å². The van der Waals surface area contributed by atoms with Crippen LogP contribution in [0.5, 0.6) is 5.75 Å². The number of nitrogens with zero attached hydrogens (tertiary/aromatic N) is 2. The van der Waals surface area contributed by atoms with Crippen LogP contribution >= 0.6 is 12.2 Å². The number of hydrogen-bond acceptors (Lipinski definition) is 6. The van der Waals surface area contributed by atoms with Crippen LogP contribution in [0, 0.1) is 13.8 Å². The van der Waals surface area contributed by atoms with Crippen molar-refractivity contribution in [3.8, 4) is 5.75 Å². The molecule has 0 bridgehead atoms. The highest BCUT2D eigenvalue weighted by Gasteiger charge is 2.35. The molecule has 7 nitrogen and oxygen atoms in total. The smallest absolute Gasteiger partial charge is 0.270 e. The fourth-order valence-corrected chi connectivity index (χ4v) is 4.12. The van der Waals surface area contributed by atoms with E-state index in [9.17, 15) is 9.59 Å². The quantitative estimate of drug-likeness (QED) is 0.438. The molecule has 2 saturated heterocycles. The van der Waals surface area contributed by atoms with Gasteiger partial charge in [-0.25, -0.2) is 0 Å². The lowest BCUT2D eigenvalue weighted by Crippen LogP contribution is -2.54. The Kier molecular flexibility index (Phi) is 6.25. The molecule has 4 rings (SSSR count). The highest BCUT2D eigenvalue weighted by atomic mass is 32.1. The minimum absolute atomic E-state index is 0.00284. The standard InChI is InChI=1S/C24H25N3O4S/c1-15-5-4-6-20(16(15)2)27-23(29)19(22(28)25-24(27)32)13-17-7-8-18(14-21(17)30-3)26-9-11-31-12-10-26/h4-8,13-14H,9-12H2,1-3H3,(H,25,28,32)/b19-13+. The molecule has 0 aliphatic carbocycles. The van der Waals surface area contributed by atoms with Gasteiger partial charge in [0.05, 0.1) is 26.0 Å². The number of amides is 2. The Labute approximate surface area is 192 Å². The number of methoxy groups -OCH3 is 1. The predicted octanol–water partition coefficient (Wildman–Crippen LogP) is 2.98. The molecular formula is C24H25N3O4S. The maximum absolute atomic E-state index is 13.4. The zero-order chi connectivity index (χ0) is 22.8. The van der Waals surface area contributed by atoms with E-state index in [1.165, 1.54) is 4.90 Å². The van der Waals surface area contributed by atoms with Crippen molar-refractivity contribution in [3.63, 3.8) is 0 Å². The predicted molar refractivity (Wildman–Crippen MR) is 128 cm³/mol. The number of morpholine rings is 1. The number of thiocarbonyl (C=S) groups is 1. The van der Waals surface area contributed by atoms with E-state index in [1.807, 2.05) is 50.2 Å². The number of benzene rings is 2. The lowest BCUT2D eigenvalue weighted by atomic mass is 10.0. The van der Waals surface area contributed by atoms with E-state index < -0.39 is 11.8 Å². The van der Waals surface area contributed by atoms with E-state index >= 15 is 0 Å². The molecule has 2 aliphatic rings. The van der Waals surface area contributed by atoms with Crippen molar-refractivity contribution in [2.45, 2.75) is 13.8 Å². The number of hydrogen-bond donors (Lipinski definition) is 1. The third-order valence-corrected chi connectivity index (χ3v) is 6.10. The zero-order valence-corrected chi connectivity index (χ0v) is 19.1. The molecule has 0 radical (unpaired) electrons. The van der Waals surface area contributed by atoms with Gasteiger partial charge in [0.25, 0.3) is 11.8 Å². The highest BCUT2D eigenvalue weighted by Crippen LogP contribution is 2.31. The summed E-state index contributed by atoms with van der Waals surface area (Å²) >= 11 is 5.33. The lowest BCUT2D eigenvalue weighted by molar-refractivity contribution is -0.122. The molecule has 32 heavy (non-hydrogen) atoms. The fourth-order valence-electron chi connectivity index (χ4n) is 3.85. The Bertz CT molecular complexity index is 1120. The molecule has 166 valence electrons. The van der Waals surface area contributed by atoms with Gasteiger partial charge in [0.1, 0.15) is 11.3 Å². The van der Waals surface area contributed by atoms with Crippen LogP contribution in [0.15, 0.2) is 42.0 Å². The first-order chi connectivity index (χ1) is 15.4. The third kappa shape index (κ3) is 4.11. The van der Waals surface area contributed by atoms with Crippen LogP contribution < -0.4 is 19.9 Å². The number of aryl methyl sites for hydroxylation is 1. The minimum atomic E-state index is -0.527. The summed E-state index contributed by atoms with van der Waals surface area (Å²) in [5.74, 6) is -0.416. The summed E-state index contributed by atoms with van der Waals surface area (Å²) in [7, 11) is 1.57. The van der Waals surface area contributed by atoms with Gasteiger partial charge in [-0.3, -0.25) is 19.8 Å². The Morgan fingerprint density at radius 3 is 2.59 bits per heavy atom. The first-order valence-corrected chi connectivity index (χ1v) is 10.8. The monoisotopic (exact) mass is 451 g/mol. The van der Waals surface area contributed by atoms with Crippen molar-refractivity contribution in [1.29, 1.82) is 0 Å². The van der Waals surface area contributed by atoms with Gasteiger partial charge in [-0.15, -0.1) is 0 Å². The molecule has 2 amide bonds. The molecule has 2 aromatic carbocycles. The third-order valence-electron chi connectivity index (χ3n) is 5.81. The van der Waals surface area contributed by atoms with Gasteiger partial charge >= 0.3 is 0 Å². The number of carbonyl (C=O) groups excluding carboxylic acids is 2. The van der Waals surface area contributed by atoms with E-state index in [-0.39, 0.29) is 10.7 Å². The van der Waals surface area contributed by atoms with Gasteiger partial charge in [-0.1, -0.05) is 12.1 Å². The van der Waals surface area contributed by atoms with Crippen molar-refractivity contribution in [3.05, 3.63) is 58.7 Å². The van der Waals surface area contributed by atoms with Gasteiger partial charge in [0.15, 0.2) is 5.11 Å². The number of anilines is 2. The van der Waals surface area contributed by atoms with Crippen LogP contribution in [0.25, 0.3) is 6.08 Å². The van der Waals surface area contributed by atoms with Crippen LogP contribution in [-0.4, -0.2) is 50.3 Å².